The maximum absolute atomic E-state index is 12.9. The van der Waals surface area contributed by atoms with Crippen LogP contribution in [0.25, 0.3) is 0 Å². The zero-order valence-electron chi connectivity index (χ0n) is 9.43. The molecule has 1 rings (SSSR count). The second-order valence-corrected chi connectivity index (χ2v) is 3.73. The predicted molar refractivity (Wildman–Crippen MR) is 64.8 cm³/mol. The molecule has 0 fully saturated rings. The molecule has 0 radical (unpaired) electrons. The molecule has 0 saturated heterocycles. The number of carbonyl (C=O) groups excluding carboxylic acids is 1. The summed E-state index contributed by atoms with van der Waals surface area (Å²) in [5.74, 6) is -0.649. The van der Waals surface area contributed by atoms with Crippen LogP contribution in [0, 0.1) is 5.82 Å². The first-order valence-corrected chi connectivity index (χ1v) is 5.46. The summed E-state index contributed by atoms with van der Waals surface area (Å²) in [6.07, 6.45) is 0. The smallest absolute Gasteiger partial charge is 0.239 e. The highest BCUT2D eigenvalue weighted by molar-refractivity contribution is 6.31. The third kappa shape index (κ3) is 5.01. The second kappa shape index (κ2) is 7.09. The van der Waals surface area contributed by atoms with Gasteiger partial charge < -0.3 is 15.4 Å². The van der Waals surface area contributed by atoms with E-state index in [4.69, 9.17) is 16.3 Å². The molecule has 6 heteroatoms. The van der Waals surface area contributed by atoms with E-state index >= 15 is 0 Å². The molecule has 0 heterocycles. The lowest BCUT2D eigenvalue weighted by Gasteiger charge is -2.07. The lowest BCUT2D eigenvalue weighted by Crippen LogP contribution is -2.32. The van der Waals surface area contributed by atoms with Crippen LogP contribution in [0.3, 0.4) is 0 Å². The van der Waals surface area contributed by atoms with Crippen molar-refractivity contribution in [2.75, 3.05) is 32.1 Å². The normalized spacial score (nSPS) is 10.1. The number of methoxy groups -OCH3 is 1. The number of rotatable bonds is 6. The molecule has 4 nitrogen and oxygen atoms in total. The molecule has 0 aliphatic rings. The van der Waals surface area contributed by atoms with Crippen LogP contribution >= 0.6 is 11.6 Å². The van der Waals surface area contributed by atoms with Crippen LogP contribution in [0.1, 0.15) is 0 Å². The van der Waals surface area contributed by atoms with E-state index in [1.165, 1.54) is 18.2 Å². The summed E-state index contributed by atoms with van der Waals surface area (Å²) in [5.41, 5.74) is 0.596. The molecule has 2 N–H and O–H groups in total. The van der Waals surface area contributed by atoms with Gasteiger partial charge in [0.1, 0.15) is 5.82 Å². The summed E-state index contributed by atoms with van der Waals surface area (Å²) in [6.45, 7) is 1.03. The Morgan fingerprint density at radius 3 is 2.94 bits per heavy atom. The van der Waals surface area contributed by atoms with Gasteiger partial charge in [0.2, 0.25) is 5.91 Å². The molecule has 1 aromatic rings. The van der Waals surface area contributed by atoms with Gasteiger partial charge >= 0.3 is 0 Å². The Morgan fingerprint density at radius 2 is 2.29 bits per heavy atom. The van der Waals surface area contributed by atoms with Gasteiger partial charge in [0.15, 0.2) is 0 Å². The molecule has 0 aliphatic heterocycles. The van der Waals surface area contributed by atoms with E-state index in [0.717, 1.165) is 0 Å². The topological polar surface area (TPSA) is 50.4 Å². The predicted octanol–water partition coefficient (Wildman–Crippen LogP) is 1.65. The summed E-state index contributed by atoms with van der Waals surface area (Å²) in [6, 6.07) is 4.19. The van der Waals surface area contributed by atoms with E-state index in [-0.39, 0.29) is 17.5 Å². The van der Waals surface area contributed by atoms with Gasteiger partial charge in [-0.05, 0) is 18.2 Å². The molecule has 0 bridgehead atoms. The quantitative estimate of drug-likeness (QED) is 0.765. The fourth-order valence-corrected chi connectivity index (χ4v) is 1.32. The number of hydrogen-bond donors (Lipinski definition) is 2. The van der Waals surface area contributed by atoms with Gasteiger partial charge in [-0.2, -0.15) is 0 Å². The molecule has 0 spiro atoms. The number of hydrogen-bond acceptors (Lipinski definition) is 3. The number of ether oxygens (including phenoxy) is 1. The first-order chi connectivity index (χ1) is 8.13. The Kier molecular flexibility index (Phi) is 5.72. The van der Waals surface area contributed by atoms with Crippen molar-refractivity contribution in [2.24, 2.45) is 0 Å². The van der Waals surface area contributed by atoms with Crippen LogP contribution in [0.4, 0.5) is 10.1 Å². The molecule has 1 aromatic carbocycles. The monoisotopic (exact) mass is 260 g/mol. The van der Waals surface area contributed by atoms with E-state index in [1.54, 1.807) is 7.11 Å². The minimum absolute atomic E-state index is 0.0230. The number of anilines is 1. The summed E-state index contributed by atoms with van der Waals surface area (Å²) >= 11 is 5.60. The van der Waals surface area contributed by atoms with Crippen molar-refractivity contribution in [1.82, 2.24) is 5.32 Å². The molecule has 17 heavy (non-hydrogen) atoms. The Labute approximate surface area is 104 Å². The van der Waals surface area contributed by atoms with Crippen molar-refractivity contribution in [3.8, 4) is 0 Å². The van der Waals surface area contributed by atoms with Crippen molar-refractivity contribution in [1.29, 1.82) is 0 Å². The number of nitrogens with one attached hydrogen (secondary N) is 2. The van der Waals surface area contributed by atoms with Crippen LogP contribution < -0.4 is 10.6 Å². The number of amides is 1. The second-order valence-electron chi connectivity index (χ2n) is 3.33. The minimum Gasteiger partial charge on any atom is -0.383 e. The van der Waals surface area contributed by atoms with Gasteiger partial charge in [-0.15, -0.1) is 0 Å². The van der Waals surface area contributed by atoms with Gasteiger partial charge in [-0.1, -0.05) is 11.6 Å². The van der Waals surface area contributed by atoms with Crippen molar-refractivity contribution in [3.63, 3.8) is 0 Å². The van der Waals surface area contributed by atoms with Crippen molar-refractivity contribution in [3.05, 3.63) is 29.0 Å². The fraction of sp³-hybridized carbons (Fsp3) is 0.364. The van der Waals surface area contributed by atoms with Crippen molar-refractivity contribution >= 4 is 23.2 Å². The van der Waals surface area contributed by atoms with E-state index in [2.05, 4.69) is 10.6 Å². The maximum Gasteiger partial charge on any atom is 0.239 e. The zero-order valence-corrected chi connectivity index (χ0v) is 10.2. The van der Waals surface area contributed by atoms with Crippen LogP contribution in [0.15, 0.2) is 18.2 Å². The Hall–Kier alpha value is -1.33. The Bertz CT molecular complexity index is 388. The van der Waals surface area contributed by atoms with E-state index in [9.17, 15) is 9.18 Å². The standard InChI is InChI=1S/C11H14ClFN2O2/c1-17-5-4-14-11(16)7-15-8-2-3-10(13)9(12)6-8/h2-3,6,15H,4-5,7H2,1H3,(H,14,16). The molecule has 0 saturated carbocycles. The van der Waals surface area contributed by atoms with E-state index in [0.29, 0.717) is 18.8 Å². The summed E-state index contributed by atoms with van der Waals surface area (Å²) in [4.78, 5) is 11.3. The number of halogens is 2. The van der Waals surface area contributed by atoms with Gasteiger partial charge in [0.05, 0.1) is 18.2 Å². The highest BCUT2D eigenvalue weighted by Crippen LogP contribution is 2.18. The highest BCUT2D eigenvalue weighted by Gasteiger charge is 2.03. The summed E-state index contributed by atoms with van der Waals surface area (Å²) < 4.78 is 17.6. The van der Waals surface area contributed by atoms with Crippen LogP contribution in [0.2, 0.25) is 5.02 Å². The Balaban J connectivity index is 2.34. The summed E-state index contributed by atoms with van der Waals surface area (Å²) in [5, 5.41) is 5.50. The third-order valence-electron chi connectivity index (χ3n) is 2.00. The molecular formula is C11H14ClFN2O2. The van der Waals surface area contributed by atoms with Gasteiger partial charge in [-0.3, -0.25) is 4.79 Å². The van der Waals surface area contributed by atoms with Gasteiger partial charge in [0, 0.05) is 19.3 Å². The van der Waals surface area contributed by atoms with Crippen molar-refractivity contribution in [2.45, 2.75) is 0 Å². The first kappa shape index (κ1) is 13.7. The molecule has 0 atom stereocenters. The molecule has 0 aromatic heterocycles. The fourth-order valence-electron chi connectivity index (χ4n) is 1.14. The average Bonchev–Trinajstić information content (AvgIpc) is 2.31. The molecule has 1 amide bonds. The Morgan fingerprint density at radius 1 is 1.53 bits per heavy atom. The van der Waals surface area contributed by atoms with Crippen molar-refractivity contribution < 1.29 is 13.9 Å². The number of benzene rings is 1. The molecule has 94 valence electrons. The molecule has 0 unspecified atom stereocenters. The van der Waals surface area contributed by atoms with Crippen LogP contribution in [-0.4, -0.2) is 32.7 Å². The zero-order chi connectivity index (χ0) is 12.7. The lowest BCUT2D eigenvalue weighted by atomic mass is 10.3. The third-order valence-corrected chi connectivity index (χ3v) is 2.29. The van der Waals surface area contributed by atoms with Crippen LogP contribution in [0.5, 0.6) is 0 Å². The van der Waals surface area contributed by atoms with Crippen LogP contribution in [-0.2, 0) is 9.53 Å². The minimum atomic E-state index is -0.484. The highest BCUT2D eigenvalue weighted by atomic mass is 35.5. The first-order valence-electron chi connectivity index (χ1n) is 5.08. The average molecular weight is 261 g/mol. The lowest BCUT2D eigenvalue weighted by molar-refractivity contribution is -0.119. The maximum atomic E-state index is 12.9. The van der Waals surface area contributed by atoms with E-state index in [1.807, 2.05) is 0 Å². The summed E-state index contributed by atoms with van der Waals surface area (Å²) in [7, 11) is 1.56. The largest absolute Gasteiger partial charge is 0.383 e. The molecular weight excluding hydrogens is 247 g/mol. The van der Waals surface area contributed by atoms with E-state index < -0.39 is 5.82 Å². The number of carbonyl (C=O) groups is 1. The molecule has 0 aliphatic carbocycles. The van der Waals surface area contributed by atoms with Gasteiger partial charge in [-0.25, -0.2) is 4.39 Å². The SMILES string of the molecule is COCCNC(=O)CNc1ccc(F)c(Cl)c1. The van der Waals surface area contributed by atoms with Gasteiger partial charge in [0.25, 0.3) is 0 Å².